The number of pyridine rings is 1. The molecule has 4 heteroatoms. The third-order valence-corrected chi connectivity index (χ3v) is 4.58. The van der Waals surface area contributed by atoms with Gasteiger partial charge in [0.15, 0.2) is 0 Å². The van der Waals surface area contributed by atoms with Gasteiger partial charge in [0.25, 0.3) is 11.5 Å². The Morgan fingerprint density at radius 3 is 2.83 bits per heavy atom. The second kappa shape index (κ2) is 5.64. The molecule has 1 amide bonds. The Morgan fingerprint density at radius 2 is 1.96 bits per heavy atom. The van der Waals surface area contributed by atoms with Gasteiger partial charge in [0, 0.05) is 17.6 Å². The molecule has 0 atom stereocenters. The highest BCUT2D eigenvalue weighted by Gasteiger charge is 2.24. The molecule has 2 aromatic carbocycles. The lowest BCUT2D eigenvalue weighted by Gasteiger charge is -2.29. The van der Waals surface area contributed by atoms with Gasteiger partial charge in [-0.15, -0.1) is 0 Å². The van der Waals surface area contributed by atoms with Gasteiger partial charge in [-0.05, 0) is 48.9 Å². The number of aryl methyl sites for hydroxylation is 2. The summed E-state index contributed by atoms with van der Waals surface area (Å²) in [6, 6.07) is 15.2. The lowest BCUT2D eigenvalue weighted by Crippen LogP contribution is -2.36. The highest BCUT2D eigenvalue weighted by atomic mass is 16.2. The maximum absolute atomic E-state index is 13.0. The van der Waals surface area contributed by atoms with E-state index in [0.29, 0.717) is 17.6 Å². The SMILES string of the molecule is Cc1ccc2c(c1)CCCN2C(=O)c1cc2ccccc2c(=O)[nH]1. The summed E-state index contributed by atoms with van der Waals surface area (Å²) >= 11 is 0. The van der Waals surface area contributed by atoms with Crippen LogP contribution < -0.4 is 10.5 Å². The van der Waals surface area contributed by atoms with Gasteiger partial charge < -0.3 is 9.88 Å². The van der Waals surface area contributed by atoms with Crippen molar-refractivity contribution in [3.63, 3.8) is 0 Å². The number of H-pyrrole nitrogens is 1. The average molecular weight is 318 g/mol. The predicted octanol–water partition coefficient (Wildman–Crippen LogP) is 3.43. The number of aromatic amines is 1. The minimum atomic E-state index is -0.224. The fraction of sp³-hybridized carbons (Fsp3) is 0.200. The molecule has 1 aromatic heterocycles. The number of aromatic nitrogens is 1. The molecule has 2 heterocycles. The van der Waals surface area contributed by atoms with Crippen molar-refractivity contribution in [1.82, 2.24) is 4.98 Å². The fourth-order valence-electron chi connectivity index (χ4n) is 3.41. The number of hydrogen-bond donors (Lipinski definition) is 1. The number of anilines is 1. The monoisotopic (exact) mass is 318 g/mol. The van der Waals surface area contributed by atoms with Crippen LogP contribution in [0.5, 0.6) is 0 Å². The molecule has 0 fully saturated rings. The van der Waals surface area contributed by atoms with Crippen LogP contribution in [0.3, 0.4) is 0 Å². The van der Waals surface area contributed by atoms with Gasteiger partial charge in [0.05, 0.1) is 0 Å². The summed E-state index contributed by atoms with van der Waals surface area (Å²) in [4.78, 5) is 29.8. The van der Waals surface area contributed by atoms with Crippen molar-refractivity contribution in [1.29, 1.82) is 0 Å². The first-order chi connectivity index (χ1) is 11.6. The molecule has 0 aliphatic carbocycles. The molecule has 1 N–H and O–H groups in total. The Morgan fingerprint density at radius 1 is 1.12 bits per heavy atom. The third kappa shape index (κ3) is 2.40. The molecule has 0 spiro atoms. The first kappa shape index (κ1) is 14.7. The summed E-state index contributed by atoms with van der Waals surface area (Å²) in [5.74, 6) is -0.150. The van der Waals surface area contributed by atoms with Gasteiger partial charge >= 0.3 is 0 Å². The summed E-state index contributed by atoms with van der Waals surface area (Å²) in [6.45, 7) is 2.73. The molecule has 0 bridgehead atoms. The smallest absolute Gasteiger partial charge is 0.274 e. The predicted molar refractivity (Wildman–Crippen MR) is 95.7 cm³/mol. The van der Waals surface area contributed by atoms with Crippen molar-refractivity contribution in [2.45, 2.75) is 19.8 Å². The van der Waals surface area contributed by atoms with E-state index in [4.69, 9.17) is 0 Å². The normalized spacial score (nSPS) is 13.8. The molecule has 0 radical (unpaired) electrons. The average Bonchev–Trinajstić information content (AvgIpc) is 2.60. The molecule has 4 nitrogen and oxygen atoms in total. The van der Waals surface area contributed by atoms with Crippen LogP contribution in [0.2, 0.25) is 0 Å². The lowest BCUT2D eigenvalue weighted by atomic mass is 9.99. The number of nitrogens with one attached hydrogen (secondary N) is 1. The van der Waals surface area contributed by atoms with E-state index in [1.54, 1.807) is 17.0 Å². The molecule has 24 heavy (non-hydrogen) atoms. The quantitative estimate of drug-likeness (QED) is 0.747. The number of carbonyl (C=O) groups is 1. The van der Waals surface area contributed by atoms with Gasteiger partial charge in [0.2, 0.25) is 0 Å². The molecule has 1 aliphatic rings. The Hall–Kier alpha value is -2.88. The summed E-state index contributed by atoms with van der Waals surface area (Å²) < 4.78 is 0. The number of amides is 1. The standard InChI is InChI=1S/C20H18N2O2/c1-13-8-9-18-15(11-13)6-4-10-22(18)20(24)17-12-14-5-2-3-7-16(14)19(23)21-17/h2-3,5,7-9,11-12H,4,6,10H2,1H3,(H,21,23). The summed E-state index contributed by atoms with van der Waals surface area (Å²) in [7, 11) is 0. The number of fused-ring (bicyclic) bond motifs is 2. The molecule has 0 saturated heterocycles. The van der Waals surface area contributed by atoms with Crippen LogP contribution in [-0.2, 0) is 6.42 Å². The van der Waals surface area contributed by atoms with E-state index in [9.17, 15) is 9.59 Å². The van der Waals surface area contributed by atoms with Crippen LogP contribution in [-0.4, -0.2) is 17.4 Å². The van der Waals surface area contributed by atoms with Crippen molar-refractivity contribution in [3.8, 4) is 0 Å². The maximum Gasteiger partial charge on any atom is 0.274 e. The number of nitrogens with zero attached hydrogens (tertiary/aromatic N) is 1. The Bertz CT molecular complexity index is 1000. The van der Waals surface area contributed by atoms with Crippen molar-refractivity contribution in [2.75, 3.05) is 11.4 Å². The summed E-state index contributed by atoms with van der Waals surface area (Å²) in [6.07, 6.45) is 1.91. The third-order valence-electron chi connectivity index (χ3n) is 4.58. The molecular formula is C20H18N2O2. The molecule has 4 rings (SSSR count). The summed E-state index contributed by atoms with van der Waals surface area (Å²) in [5.41, 5.74) is 3.45. The van der Waals surface area contributed by atoms with Gasteiger partial charge in [-0.2, -0.15) is 0 Å². The van der Waals surface area contributed by atoms with Crippen molar-refractivity contribution < 1.29 is 4.79 Å². The number of benzene rings is 2. The van der Waals surface area contributed by atoms with E-state index in [1.807, 2.05) is 30.3 Å². The molecule has 0 saturated carbocycles. The van der Waals surface area contributed by atoms with Crippen LogP contribution in [0.1, 0.15) is 28.0 Å². The number of rotatable bonds is 1. The Kier molecular flexibility index (Phi) is 3.45. The second-order valence-corrected chi connectivity index (χ2v) is 6.29. The van der Waals surface area contributed by atoms with Crippen LogP contribution in [0.4, 0.5) is 5.69 Å². The topological polar surface area (TPSA) is 53.2 Å². The van der Waals surface area contributed by atoms with Gasteiger partial charge in [0.1, 0.15) is 5.69 Å². The van der Waals surface area contributed by atoms with E-state index >= 15 is 0 Å². The maximum atomic E-state index is 13.0. The van der Waals surface area contributed by atoms with E-state index in [1.165, 1.54) is 11.1 Å². The van der Waals surface area contributed by atoms with Crippen LogP contribution >= 0.6 is 0 Å². The van der Waals surface area contributed by atoms with Crippen molar-refractivity contribution in [3.05, 3.63) is 75.7 Å². The zero-order valence-electron chi connectivity index (χ0n) is 13.5. The zero-order chi connectivity index (χ0) is 16.7. The summed E-state index contributed by atoms with van der Waals surface area (Å²) in [5, 5.41) is 1.38. The second-order valence-electron chi connectivity index (χ2n) is 6.29. The van der Waals surface area contributed by atoms with E-state index in [-0.39, 0.29) is 11.5 Å². The van der Waals surface area contributed by atoms with Gasteiger partial charge in [-0.3, -0.25) is 9.59 Å². The number of hydrogen-bond acceptors (Lipinski definition) is 2. The fourth-order valence-corrected chi connectivity index (χ4v) is 3.41. The van der Waals surface area contributed by atoms with Crippen LogP contribution in [0.25, 0.3) is 10.8 Å². The molecule has 0 unspecified atom stereocenters. The number of carbonyl (C=O) groups excluding carboxylic acids is 1. The zero-order valence-corrected chi connectivity index (χ0v) is 13.5. The first-order valence-corrected chi connectivity index (χ1v) is 8.17. The Labute approximate surface area is 139 Å². The molecule has 120 valence electrons. The molecular weight excluding hydrogens is 300 g/mol. The largest absolute Gasteiger partial charge is 0.317 e. The van der Waals surface area contributed by atoms with Crippen LogP contribution in [0.15, 0.2) is 53.3 Å². The first-order valence-electron chi connectivity index (χ1n) is 8.17. The highest BCUT2D eigenvalue weighted by Crippen LogP contribution is 2.29. The highest BCUT2D eigenvalue weighted by molar-refractivity contribution is 6.07. The van der Waals surface area contributed by atoms with Gasteiger partial charge in [-0.25, -0.2) is 0 Å². The van der Waals surface area contributed by atoms with Crippen molar-refractivity contribution >= 4 is 22.4 Å². The van der Waals surface area contributed by atoms with Gasteiger partial charge in [-0.1, -0.05) is 35.9 Å². The minimum absolute atomic E-state index is 0.150. The van der Waals surface area contributed by atoms with E-state index in [2.05, 4.69) is 18.0 Å². The van der Waals surface area contributed by atoms with E-state index < -0.39 is 0 Å². The molecule has 1 aliphatic heterocycles. The van der Waals surface area contributed by atoms with Crippen LogP contribution in [0, 0.1) is 6.92 Å². The van der Waals surface area contributed by atoms with Crippen molar-refractivity contribution in [2.24, 2.45) is 0 Å². The minimum Gasteiger partial charge on any atom is -0.317 e. The lowest BCUT2D eigenvalue weighted by molar-refractivity contribution is 0.0980. The Balaban J connectivity index is 1.79. The van der Waals surface area contributed by atoms with E-state index in [0.717, 1.165) is 23.9 Å². The molecule has 3 aromatic rings.